The van der Waals surface area contributed by atoms with Crippen LogP contribution in [0.3, 0.4) is 0 Å². The fraction of sp³-hybridized carbons (Fsp3) is 0.167. The molecule has 0 spiro atoms. The molecule has 2 rings (SSSR count). The normalized spacial score (nSPS) is 12.0. The lowest BCUT2D eigenvalue weighted by Gasteiger charge is -2.18. The van der Waals surface area contributed by atoms with Gasteiger partial charge in [0.25, 0.3) is 0 Å². The lowest BCUT2D eigenvalue weighted by molar-refractivity contribution is 0.470. The molecular formula is C12H12Cl2N2O2S2. The molecule has 1 aromatic carbocycles. The summed E-state index contributed by atoms with van der Waals surface area (Å²) in [6, 6.07) is 6.48. The van der Waals surface area contributed by atoms with Crippen LogP contribution in [-0.2, 0) is 16.6 Å². The third-order valence-electron chi connectivity index (χ3n) is 2.65. The Hall–Kier alpha value is -0.790. The molecule has 0 atom stereocenters. The molecule has 0 radical (unpaired) electrons. The molecule has 0 aliphatic rings. The number of anilines is 1. The molecule has 2 aromatic rings. The van der Waals surface area contributed by atoms with Crippen molar-refractivity contribution in [1.29, 1.82) is 0 Å². The molecule has 108 valence electrons. The number of halogens is 2. The van der Waals surface area contributed by atoms with E-state index in [9.17, 15) is 8.42 Å². The summed E-state index contributed by atoms with van der Waals surface area (Å²) < 4.78 is 26.3. The van der Waals surface area contributed by atoms with Crippen LogP contribution in [0, 0.1) is 0 Å². The Labute approximate surface area is 131 Å². The summed E-state index contributed by atoms with van der Waals surface area (Å²) in [7, 11) is -2.29. The first-order chi connectivity index (χ1) is 9.32. The molecule has 2 N–H and O–H groups in total. The van der Waals surface area contributed by atoms with Gasteiger partial charge in [0.15, 0.2) is 0 Å². The molecule has 0 bridgehead atoms. The van der Waals surface area contributed by atoms with Gasteiger partial charge in [0.2, 0.25) is 10.0 Å². The molecule has 8 heteroatoms. The standard InChI is InChI=1S/C12H12Cl2N2O2S2/c1-16(7-9-3-2-4-19-9)20(17,18)12-10(13)5-8(15)6-11(12)14/h2-6H,7,15H2,1H3. The fourth-order valence-corrected chi connectivity index (χ4v) is 4.85. The minimum atomic E-state index is -3.77. The third kappa shape index (κ3) is 3.10. The lowest BCUT2D eigenvalue weighted by Crippen LogP contribution is -2.26. The van der Waals surface area contributed by atoms with Crippen molar-refractivity contribution in [3.05, 3.63) is 44.6 Å². The van der Waals surface area contributed by atoms with E-state index in [4.69, 9.17) is 28.9 Å². The SMILES string of the molecule is CN(Cc1cccs1)S(=O)(=O)c1c(Cl)cc(N)cc1Cl. The molecule has 0 aliphatic carbocycles. The van der Waals surface area contributed by atoms with Crippen molar-refractivity contribution in [2.75, 3.05) is 12.8 Å². The number of hydrogen-bond donors (Lipinski definition) is 1. The second-order valence-corrected chi connectivity index (χ2v) is 7.98. The van der Waals surface area contributed by atoms with Crippen molar-refractivity contribution in [3.63, 3.8) is 0 Å². The second-order valence-electron chi connectivity index (χ2n) is 4.15. The summed E-state index contributed by atoms with van der Waals surface area (Å²) in [6.07, 6.45) is 0. The highest BCUT2D eigenvalue weighted by Crippen LogP contribution is 2.34. The number of nitrogens with zero attached hydrogens (tertiary/aromatic N) is 1. The molecule has 4 nitrogen and oxygen atoms in total. The second kappa shape index (κ2) is 5.91. The first-order valence-corrected chi connectivity index (χ1v) is 8.63. The summed E-state index contributed by atoms with van der Waals surface area (Å²) in [5, 5.41) is 1.93. The van der Waals surface area contributed by atoms with Crippen LogP contribution in [-0.4, -0.2) is 19.8 Å². The van der Waals surface area contributed by atoms with E-state index in [-0.39, 0.29) is 21.5 Å². The van der Waals surface area contributed by atoms with Gasteiger partial charge in [-0.05, 0) is 23.6 Å². The Balaban J connectivity index is 2.40. The maximum Gasteiger partial charge on any atom is 0.246 e. The van der Waals surface area contributed by atoms with E-state index >= 15 is 0 Å². The number of nitrogen functional groups attached to an aromatic ring is 1. The number of hydrogen-bond acceptors (Lipinski definition) is 4. The van der Waals surface area contributed by atoms with E-state index in [2.05, 4.69) is 0 Å². The average Bonchev–Trinajstić information content (AvgIpc) is 2.79. The Morgan fingerprint density at radius 3 is 2.40 bits per heavy atom. The van der Waals surface area contributed by atoms with Crippen molar-refractivity contribution in [1.82, 2.24) is 4.31 Å². The predicted molar refractivity (Wildman–Crippen MR) is 83.8 cm³/mol. The largest absolute Gasteiger partial charge is 0.399 e. The van der Waals surface area contributed by atoms with Gasteiger partial charge in [-0.15, -0.1) is 11.3 Å². The van der Waals surface area contributed by atoms with Crippen molar-refractivity contribution in [2.24, 2.45) is 0 Å². The molecule has 0 fully saturated rings. The third-order valence-corrected chi connectivity index (χ3v) is 6.23. The quantitative estimate of drug-likeness (QED) is 0.858. The van der Waals surface area contributed by atoms with Crippen LogP contribution in [0.5, 0.6) is 0 Å². The van der Waals surface area contributed by atoms with Gasteiger partial charge in [-0.1, -0.05) is 29.3 Å². The Bertz CT molecular complexity index is 692. The van der Waals surface area contributed by atoms with Gasteiger partial charge in [-0.25, -0.2) is 8.42 Å². The van der Waals surface area contributed by atoms with E-state index in [0.717, 1.165) is 4.88 Å². The number of rotatable bonds is 4. The van der Waals surface area contributed by atoms with Crippen LogP contribution in [0.1, 0.15) is 4.88 Å². The zero-order chi connectivity index (χ0) is 14.9. The van der Waals surface area contributed by atoms with Crippen LogP contribution < -0.4 is 5.73 Å². The van der Waals surface area contributed by atoms with Crippen molar-refractivity contribution in [3.8, 4) is 0 Å². The first kappa shape index (κ1) is 15.6. The van der Waals surface area contributed by atoms with E-state index in [1.807, 2.05) is 17.5 Å². The minimum absolute atomic E-state index is 0.0213. The smallest absolute Gasteiger partial charge is 0.246 e. The summed E-state index contributed by atoms with van der Waals surface area (Å²) >= 11 is 13.4. The average molecular weight is 351 g/mol. The van der Waals surface area contributed by atoms with Crippen molar-refractivity contribution in [2.45, 2.75) is 11.4 Å². The van der Waals surface area contributed by atoms with E-state index in [0.29, 0.717) is 5.69 Å². The first-order valence-electron chi connectivity index (χ1n) is 5.55. The number of benzene rings is 1. The Morgan fingerprint density at radius 2 is 1.90 bits per heavy atom. The van der Waals surface area contributed by atoms with Crippen LogP contribution in [0.15, 0.2) is 34.5 Å². The highest BCUT2D eigenvalue weighted by atomic mass is 35.5. The molecule has 0 amide bonds. The van der Waals surface area contributed by atoms with Gasteiger partial charge in [-0.3, -0.25) is 0 Å². The Morgan fingerprint density at radius 1 is 1.30 bits per heavy atom. The van der Waals surface area contributed by atoms with Crippen molar-refractivity contribution < 1.29 is 8.42 Å². The summed E-state index contributed by atoms with van der Waals surface area (Å²) in [5.74, 6) is 0. The molecule has 0 saturated carbocycles. The molecule has 0 aliphatic heterocycles. The molecule has 0 saturated heterocycles. The van der Waals surface area contributed by atoms with Crippen LogP contribution in [0.2, 0.25) is 10.0 Å². The highest BCUT2D eigenvalue weighted by molar-refractivity contribution is 7.89. The van der Waals surface area contributed by atoms with Crippen molar-refractivity contribution >= 4 is 50.2 Å². The van der Waals surface area contributed by atoms with Gasteiger partial charge in [-0.2, -0.15) is 4.31 Å². The highest BCUT2D eigenvalue weighted by Gasteiger charge is 2.27. The predicted octanol–water partition coefficient (Wildman–Crippen LogP) is 3.46. The summed E-state index contributed by atoms with van der Waals surface area (Å²) in [6.45, 7) is 0.261. The lowest BCUT2D eigenvalue weighted by atomic mass is 10.3. The number of thiophene rings is 1. The van der Waals surface area contributed by atoms with Gasteiger partial charge >= 0.3 is 0 Å². The topological polar surface area (TPSA) is 63.4 Å². The summed E-state index contributed by atoms with van der Waals surface area (Å²) in [5.41, 5.74) is 5.90. The van der Waals surface area contributed by atoms with E-state index < -0.39 is 10.0 Å². The van der Waals surface area contributed by atoms with Crippen LogP contribution in [0.4, 0.5) is 5.69 Å². The molecular weight excluding hydrogens is 339 g/mol. The molecule has 0 unspecified atom stereocenters. The van der Waals surface area contributed by atoms with Gasteiger partial charge < -0.3 is 5.73 Å². The van der Waals surface area contributed by atoms with Crippen LogP contribution in [0.25, 0.3) is 0 Å². The van der Waals surface area contributed by atoms with Crippen LogP contribution >= 0.6 is 34.5 Å². The number of sulfonamides is 1. The van der Waals surface area contributed by atoms with E-state index in [1.165, 1.54) is 34.8 Å². The number of nitrogens with two attached hydrogens (primary N) is 1. The Kier molecular flexibility index (Phi) is 4.61. The van der Waals surface area contributed by atoms with Gasteiger partial charge in [0, 0.05) is 24.2 Å². The van der Waals surface area contributed by atoms with Gasteiger partial charge in [0.1, 0.15) is 4.90 Å². The molecule has 1 heterocycles. The maximum absolute atomic E-state index is 12.5. The minimum Gasteiger partial charge on any atom is -0.399 e. The maximum atomic E-state index is 12.5. The zero-order valence-corrected chi connectivity index (χ0v) is 13.7. The molecule has 20 heavy (non-hydrogen) atoms. The van der Waals surface area contributed by atoms with Gasteiger partial charge in [0.05, 0.1) is 10.0 Å². The fourth-order valence-electron chi connectivity index (χ4n) is 1.69. The van der Waals surface area contributed by atoms with E-state index in [1.54, 1.807) is 0 Å². The zero-order valence-electron chi connectivity index (χ0n) is 10.5. The molecule has 1 aromatic heterocycles. The monoisotopic (exact) mass is 350 g/mol. The summed E-state index contributed by atoms with van der Waals surface area (Å²) in [4.78, 5) is 0.813.